The van der Waals surface area contributed by atoms with Crippen molar-refractivity contribution in [2.45, 2.75) is 34.6 Å². The van der Waals surface area contributed by atoms with Crippen molar-refractivity contribution in [3.63, 3.8) is 0 Å². The summed E-state index contributed by atoms with van der Waals surface area (Å²) in [6.07, 6.45) is 1.56. The van der Waals surface area contributed by atoms with Crippen molar-refractivity contribution in [1.29, 1.82) is 0 Å². The highest BCUT2D eigenvalue weighted by atomic mass is 15.3. The molecule has 0 aliphatic heterocycles. The molecule has 3 N–H and O–H groups in total. The molecule has 5 heteroatoms. The predicted molar refractivity (Wildman–Crippen MR) is 76.5 cm³/mol. The maximum absolute atomic E-state index is 5.46. The van der Waals surface area contributed by atoms with Crippen molar-refractivity contribution in [3.05, 3.63) is 11.9 Å². The van der Waals surface area contributed by atoms with Crippen molar-refractivity contribution >= 4 is 11.6 Å². The van der Waals surface area contributed by atoms with Crippen LogP contribution in [0.4, 0.5) is 11.6 Å². The minimum absolute atomic E-state index is 0.590. The van der Waals surface area contributed by atoms with Gasteiger partial charge < -0.3 is 10.3 Å². The SMILES string of the molecule is Cc1c(NN)ncnc1N(CC(C)C)CC(C)C. The van der Waals surface area contributed by atoms with E-state index in [1.165, 1.54) is 0 Å². The molecule has 1 rings (SSSR count). The van der Waals surface area contributed by atoms with E-state index in [4.69, 9.17) is 5.84 Å². The molecule has 102 valence electrons. The molecule has 0 spiro atoms. The minimum atomic E-state index is 0.590. The fraction of sp³-hybridized carbons (Fsp3) is 0.692. The van der Waals surface area contributed by atoms with Crippen LogP contribution in [-0.4, -0.2) is 23.1 Å². The monoisotopic (exact) mass is 251 g/mol. The Kier molecular flexibility index (Phi) is 5.34. The van der Waals surface area contributed by atoms with Crippen LogP contribution in [0.25, 0.3) is 0 Å². The second kappa shape index (κ2) is 6.54. The van der Waals surface area contributed by atoms with Crippen molar-refractivity contribution in [3.8, 4) is 0 Å². The van der Waals surface area contributed by atoms with E-state index in [0.717, 1.165) is 24.5 Å². The average molecular weight is 251 g/mol. The largest absolute Gasteiger partial charge is 0.356 e. The standard InChI is InChI=1S/C13H25N5/c1-9(2)6-18(7-10(3)4)13-11(5)12(17-14)15-8-16-13/h8-10H,6-7,14H2,1-5H3,(H,15,16,17). The lowest BCUT2D eigenvalue weighted by atomic mass is 10.1. The summed E-state index contributed by atoms with van der Waals surface area (Å²) in [6.45, 7) is 12.8. The summed E-state index contributed by atoms with van der Waals surface area (Å²) in [4.78, 5) is 10.8. The van der Waals surface area contributed by atoms with E-state index in [0.29, 0.717) is 17.7 Å². The first-order valence-corrected chi connectivity index (χ1v) is 6.48. The van der Waals surface area contributed by atoms with Crippen LogP contribution in [0.2, 0.25) is 0 Å². The lowest BCUT2D eigenvalue weighted by molar-refractivity contribution is 0.547. The van der Waals surface area contributed by atoms with E-state index in [-0.39, 0.29) is 0 Å². The van der Waals surface area contributed by atoms with Gasteiger partial charge in [0, 0.05) is 18.7 Å². The average Bonchev–Trinajstić information content (AvgIpc) is 2.27. The second-order valence-electron chi connectivity index (χ2n) is 5.51. The smallest absolute Gasteiger partial charge is 0.148 e. The van der Waals surface area contributed by atoms with E-state index in [9.17, 15) is 0 Å². The van der Waals surface area contributed by atoms with Gasteiger partial charge in [0.1, 0.15) is 18.0 Å². The third kappa shape index (κ3) is 3.84. The van der Waals surface area contributed by atoms with Gasteiger partial charge in [-0.05, 0) is 18.8 Å². The number of nitrogens with two attached hydrogens (primary N) is 1. The van der Waals surface area contributed by atoms with Gasteiger partial charge in [0.2, 0.25) is 0 Å². The molecule has 5 nitrogen and oxygen atoms in total. The van der Waals surface area contributed by atoms with Crippen LogP contribution in [0.5, 0.6) is 0 Å². The Morgan fingerprint density at radius 2 is 1.72 bits per heavy atom. The molecule has 0 fully saturated rings. The summed E-state index contributed by atoms with van der Waals surface area (Å²) in [6, 6.07) is 0. The summed E-state index contributed by atoms with van der Waals surface area (Å²) in [5, 5.41) is 0. The topological polar surface area (TPSA) is 67.1 Å². The second-order valence-corrected chi connectivity index (χ2v) is 5.51. The zero-order chi connectivity index (χ0) is 13.7. The highest BCUT2D eigenvalue weighted by Crippen LogP contribution is 2.23. The van der Waals surface area contributed by atoms with Gasteiger partial charge in [0.05, 0.1) is 0 Å². The highest BCUT2D eigenvalue weighted by Gasteiger charge is 2.16. The van der Waals surface area contributed by atoms with Gasteiger partial charge >= 0.3 is 0 Å². The molecule has 0 atom stereocenters. The molecule has 0 unspecified atom stereocenters. The normalized spacial score (nSPS) is 11.1. The summed E-state index contributed by atoms with van der Waals surface area (Å²) >= 11 is 0. The molecular formula is C13H25N5. The van der Waals surface area contributed by atoms with Crippen molar-refractivity contribution < 1.29 is 0 Å². The van der Waals surface area contributed by atoms with E-state index in [1.54, 1.807) is 6.33 Å². The zero-order valence-corrected chi connectivity index (χ0v) is 12.1. The third-order valence-electron chi connectivity index (χ3n) is 2.66. The van der Waals surface area contributed by atoms with Crippen LogP contribution in [0.15, 0.2) is 6.33 Å². The molecule has 0 bridgehead atoms. The molecule has 0 aliphatic carbocycles. The molecule has 0 saturated carbocycles. The van der Waals surface area contributed by atoms with Gasteiger partial charge in [-0.25, -0.2) is 15.8 Å². The lowest BCUT2D eigenvalue weighted by Gasteiger charge is -2.29. The summed E-state index contributed by atoms with van der Waals surface area (Å²) in [5.41, 5.74) is 3.62. The molecule has 0 aromatic carbocycles. The number of rotatable bonds is 6. The van der Waals surface area contributed by atoms with Gasteiger partial charge in [-0.1, -0.05) is 27.7 Å². The fourth-order valence-corrected chi connectivity index (χ4v) is 2.03. The van der Waals surface area contributed by atoms with Crippen LogP contribution in [0.3, 0.4) is 0 Å². The van der Waals surface area contributed by atoms with Gasteiger partial charge in [-0.2, -0.15) is 0 Å². The zero-order valence-electron chi connectivity index (χ0n) is 12.1. The maximum Gasteiger partial charge on any atom is 0.148 e. The number of hydrazine groups is 1. The van der Waals surface area contributed by atoms with Crippen molar-refractivity contribution in [1.82, 2.24) is 9.97 Å². The molecule has 1 aromatic rings. The van der Waals surface area contributed by atoms with E-state index >= 15 is 0 Å². The molecule has 0 saturated heterocycles. The quantitative estimate of drug-likeness (QED) is 0.599. The number of hydrogen-bond acceptors (Lipinski definition) is 5. The molecule has 18 heavy (non-hydrogen) atoms. The number of aromatic nitrogens is 2. The number of anilines is 2. The van der Waals surface area contributed by atoms with Gasteiger partial charge in [0.25, 0.3) is 0 Å². The van der Waals surface area contributed by atoms with E-state index in [2.05, 4.69) is 48.0 Å². The summed E-state index contributed by atoms with van der Waals surface area (Å²) in [7, 11) is 0. The van der Waals surface area contributed by atoms with Crippen LogP contribution >= 0.6 is 0 Å². The minimum Gasteiger partial charge on any atom is -0.356 e. The third-order valence-corrected chi connectivity index (χ3v) is 2.66. The fourth-order valence-electron chi connectivity index (χ4n) is 2.03. The molecular weight excluding hydrogens is 226 g/mol. The van der Waals surface area contributed by atoms with Crippen LogP contribution in [0.1, 0.15) is 33.3 Å². The highest BCUT2D eigenvalue weighted by molar-refractivity contribution is 5.57. The van der Waals surface area contributed by atoms with E-state index in [1.807, 2.05) is 6.92 Å². The number of nitrogens with zero attached hydrogens (tertiary/aromatic N) is 3. The Hall–Kier alpha value is -1.36. The predicted octanol–water partition coefficient (Wildman–Crippen LogP) is 2.19. The van der Waals surface area contributed by atoms with Crippen molar-refractivity contribution in [2.75, 3.05) is 23.4 Å². The first-order valence-electron chi connectivity index (χ1n) is 6.48. The molecule has 1 aromatic heterocycles. The van der Waals surface area contributed by atoms with Gasteiger partial charge in [-0.3, -0.25) is 0 Å². The summed E-state index contributed by atoms with van der Waals surface area (Å²) in [5.74, 6) is 8.31. The molecule has 1 heterocycles. The Balaban J connectivity index is 3.03. The first-order chi connectivity index (χ1) is 8.45. The van der Waals surface area contributed by atoms with Crippen molar-refractivity contribution in [2.24, 2.45) is 17.7 Å². The number of nitrogen functional groups attached to an aromatic ring is 1. The summed E-state index contributed by atoms with van der Waals surface area (Å²) < 4.78 is 0. The molecule has 0 aliphatic rings. The first kappa shape index (κ1) is 14.7. The Bertz CT molecular complexity index is 366. The van der Waals surface area contributed by atoms with Crippen LogP contribution < -0.4 is 16.2 Å². The number of nitrogens with one attached hydrogen (secondary N) is 1. The maximum atomic E-state index is 5.46. The Labute approximate surface area is 110 Å². The van der Waals surface area contributed by atoms with E-state index < -0.39 is 0 Å². The Morgan fingerprint density at radius 3 is 2.17 bits per heavy atom. The van der Waals surface area contributed by atoms with Gasteiger partial charge in [0.15, 0.2) is 0 Å². The molecule has 0 amide bonds. The lowest BCUT2D eigenvalue weighted by Crippen LogP contribution is -2.33. The molecule has 0 radical (unpaired) electrons. The van der Waals surface area contributed by atoms with Crippen LogP contribution in [-0.2, 0) is 0 Å². The Morgan fingerprint density at radius 1 is 1.17 bits per heavy atom. The van der Waals surface area contributed by atoms with Crippen LogP contribution in [0, 0.1) is 18.8 Å². The number of hydrogen-bond donors (Lipinski definition) is 2. The van der Waals surface area contributed by atoms with Gasteiger partial charge in [-0.15, -0.1) is 0 Å².